The maximum absolute atomic E-state index is 13.4. The summed E-state index contributed by atoms with van der Waals surface area (Å²) in [6.07, 6.45) is 1.96. The molecule has 0 bridgehead atoms. The number of carbonyl (C=O) groups excluding carboxylic acids is 1. The van der Waals surface area contributed by atoms with E-state index >= 15 is 0 Å². The van der Waals surface area contributed by atoms with Crippen molar-refractivity contribution in [2.75, 3.05) is 54.0 Å². The molecule has 2 aromatic heterocycles. The Balaban J connectivity index is 1.26. The summed E-state index contributed by atoms with van der Waals surface area (Å²) >= 11 is 0. The van der Waals surface area contributed by atoms with Crippen molar-refractivity contribution in [3.63, 3.8) is 0 Å². The van der Waals surface area contributed by atoms with Gasteiger partial charge in [0.1, 0.15) is 6.07 Å². The second-order valence-electron chi connectivity index (χ2n) is 8.68. The maximum Gasteiger partial charge on any atom is 0.266 e. The first-order chi connectivity index (χ1) is 16.9. The van der Waals surface area contributed by atoms with Gasteiger partial charge in [-0.3, -0.25) is 9.69 Å². The number of furan rings is 1. The number of sulfone groups is 1. The number of rotatable bonds is 6. The molecule has 0 saturated carbocycles. The van der Waals surface area contributed by atoms with E-state index < -0.39 is 9.84 Å². The first-order valence-corrected chi connectivity index (χ1v) is 13.3. The summed E-state index contributed by atoms with van der Waals surface area (Å²) in [5, 5.41) is 9.51. The lowest BCUT2D eigenvalue weighted by Crippen LogP contribution is -2.52. The molecule has 10 nitrogen and oxygen atoms in total. The van der Waals surface area contributed by atoms with Gasteiger partial charge < -0.3 is 18.6 Å². The average Bonchev–Trinajstić information content (AvgIpc) is 3.60. The standard InChI is InChI=1S/C24H25N5O5S/c25-15-20-24(34-23(26-20)21-7-4-13-33-21)28-11-9-27(10-12-28)16-22(30)29(18-5-2-1-3-6-18)19-8-14-35(31,32)17-19/h1-7,13,19H,8-12,14,16-17H2. The SMILES string of the molecule is N#Cc1nc(-c2ccco2)oc1N1CCN(CC(=O)N(c2ccccc2)C2CCS(=O)(=O)C2)CC1. The van der Waals surface area contributed by atoms with Gasteiger partial charge >= 0.3 is 0 Å². The Morgan fingerprint density at radius 2 is 1.91 bits per heavy atom. The van der Waals surface area contributed by atoms with E-state index in [1.54, 1.807) is 17.0 Å². The minimum atomic E-state index is -3.14. The molecule has 3 aromatic rings. The van der Waals surface area contributed by atoms with Crippen LogP contribution in [0.25, 0.3) is 11.7 Å². The molecule has 1 amide bonds. The van der Waals surface area contributed by atoms with Gasteiger partial charge in [-0.05, 0) is 30.7 Å². The third kappa shape index (κ3) is 4.94. The zero-order chi connectivity index (χ0) is 24.4. The summed E-state index contributed by atoms with van der Waals surface area (Å²) in [6.45, 7) is 2.45. The fourth-order valence-corrected chi connectivity index (χ4v) is 6.31. The van der Waals surface area contributed by atoms with Crippen LogP contribution >= 0.6 is 0 Å². The number of piperazine rings is 1. The molecular formula is C24H25N5O5S. The summed E-state index contributed by atoms with van der Waals surface area (Å²) in [5.41, 5.74) is 0.905. The predicted molar refractivity (Wildman–Crippen MR) is 129 cm³/mol. The number of benzene rings is 1. The van der Waals surface area contributed by atoms with Crippen LogP contribution in [0.15, 0.2) is 57.6 Å². The van der Waals surface area contributed by atoms with Gasteiger partial charge in [0.05, 0.1) is 30.4 Å². The van der Waals surface area contributed by atoms with E-state index in [1.807, 2.05) is 40.1 Å². The summed E-state index contributed by atoms with van der Waals surface area (Å²) < 4.78 is 35.3. The lowest BCUT2D eigenvalue weighted by Gasteiger charge is -2.36. The zero-order valence-electron chi connectivity index (χ0n) is 19.0. The van der Waals surface area contributed by atoms with E-state index in [0.717, 1.165) is 0 Å². The molecule has 2 aliphatic heterocycles. The minimum absolute atomic E-state index is 0.0121. The summed E-state index contributed by atoms with van der Waals surface area (Å²) in [5.74, 6) is 1.07. The van der Waals surface area contributed by atoms with Crippen molar-refractivity contribution < 1.29 is 22.0 Å². The van der Waals surface area contributed by atoms with Gasteiger partial charge in [-0.25, -0.2) is 8.42 Å². The number of hydrogen-bond donors (Lipinski definition) is 0. The van der Waals surface area contributed by atoms with Crippen LogP contribution in [0.1, 0.15) is 12.1 Å². The number of amides is 1. The van der Waals surface area contributed by atoms with E-state index in [0.29, 0.717) is 49.9 Å². The van der Waals surface area contributed by atoms with Crippen LogP contribution in [0.2, 0.25) is 0 Å². The normalized spacial score (nSPS) is 20.0. The topological polar surface area (TPSA) is 124 Å². The number of nitriles is 1. The first-order valence-electron chi connectivity index (χ1n) is 11.4. The number of carbonyl (C=O) groups is 1. The van der Waals surface area contributed by atoms with Gasteiger partial charge in [0.2, 0.25) is 17.5 Å². The second-order valence-corrected chi connectivity index (χ2v) is 10.9. The predicted octanol–water partition coefficient (Wildman–Crippen LogP) is 2.15. The zero-order valence-corrected chi connectivity index (χ0v) is 19.9. The average molecular weight is 496 g/mol. The number of oxazole rings is 1. The molecule has 4 heterocycles. The van der Waals surface area contributed by atoms with Crippen LogP contribution in [-0.2, 0) is 14.6 Å². The molecule has 0 aliphatic carbocycles. The highest BCUT2D eigenvalue weighted by Gasteiger charge is 2.36. The maximum atomic E-state index is 13.4. The molecule has 1 atom stereocenters. The van der Waals surface area contributed by atoms with Gasteiger partial charge in [-0.1, -0.05) is 18.2 Å². The lowest BCUT2D eigenvalue weighted by atomic mass is 10.1. The number of hydrogen-bond acceptors (Lipinski definition) is 9. The molecule has 0 radical (unpaired) electrons. The molecule has 5 rings (SSSR count). The van der Waals surface area contributed by atoms with E-state index in [2.05, 4.69) is 11.1 Å². The van der Waals surface area contributed by atoms with Gasteiger partial charge in [-0.15, -0.1) is 0 Å². The minimum Gasteiger partial charge on any atom is -0.459 e. The van der Waals surface area contributed by atoms with Crippen LogP contribution in [0.5, 0.6) is 0 Å². The van der Waals surface area contributed by atoms with Gasteiger partial charge in [0.25, 0.3) is 5.89 Å². The van der Waals surface area contributed by atoms with Gasteiger partial charge in [-0.2, -0.15) is 10.2 Å². The molecule has 182 valence electrons. The lowest BCUT2D eigenvalue weighted by molar-refractivity contribution is -0.120. The largest absolute Gasteiger partial charge is 0.459 e. The van der Waals surface area contributed by atoms with Crippen molar-refractivity contribution in [1.82, 2.24) is 9.88 Å². The Morgan fingerprint density at radius 3 is 2.54 bits per heavy atom. The van der Waals surface area contributed by atoms with Crippen molar-refractivity contribution in [3.8, 4) is 17.7 Å². The van der Waals surface area contributed by atoms with Crippen LogP contribution < -0.4 is 9.80 Å². The van der Waals surface area contributed by atoms with Crippen LogP contribution in [0.4, 0.5) is 11.6 Å². The van der Waals surface area contributed by atoms with Crippen LogP contribution in [-0.4, -0.2) is 74.5 Å². The first kappa shape index (κ1) is 23.1. The van der Waals surface area contributed by atoms with Crippen molar-refractivity contribution in [2.24, 2.45) is 0 Å². The Labute approximate surface area is 203 Å². The Bertz CT molecular complexity index is 1320. The highest BCUT2D eigenvalue weighted by Crippen LogP contribution is 2.29. The Kier molecular flexibility index (Phi) is 6.32. The monoisotopic (exact) mass is 495 g/mol. The quantitative estimate of drug-likeness (QED) is 0.506. The Hall–Kier alpha value is -3.62. The van der Waals surface area contributed by atoms with Gasteiger partial charge in [0, 0.05) is 31.9 Å². The van der Waals surface area contributed by atoms with E-state index in [-0.39, 0.29) is 41.6 Å². The van der Waals surface area contributed by atoms with Crippen LogP contribution in [0, 0.1) is 11.3 Å². The Morgan fingerprint density at radius 1 is 1.14 bits per heavy atom. The summed E-state index contributed by atoms with van der Waals surface area (Å²) in [4.78, 5) is 23.3. The molecule has 35 heavy (non-hydrogen) atoms. The van der Waals surface area contributed by atoms with Crippen molar-refractivity contribution in [2.45, 2.75) is 12.5 Å². The molecule has 1 unspecified atom stereocenters. The van der Waals surface area contributed by atoms with E-state index in [1.165, 1.54) is 6.26 Å². The van der Waals surface area contributed by atoms with Crippen molar-refractivity contribution in [3.05, 3.63) is 54.4 Å². The molecule has 11 heteroatoms. The smallest absolute Gasteiger partial charge is 0.266 e. The van der Waals surface area contributed by atoms with E-state index in [4.69, 9.17) is 8.83 Å². The molecular weight excluding hydrogens is 470 g/mol. The van der Waals surface area contributed by atoms with E-state index in [9.17, 15) is 18.5 Å². The molecule has 2 saturated heterocycles. The molecule has 2 fully saturated rings. The van der Waals surface area contributed by atoms with Gasteiger partial charge in [0.15, 0.2) is 15.6 Å². The number of aromatic nitrogens is 1. The number of anilines is 2. The number of nitrogens with zero attached hydrogens (tertiary/aromatic N) is 5. The van der Waals surface area contributed by atoms with Crippen molar-refractivity contribution >= 4 is 27.3 Å². The fourth-order valence-electron chi connectivity index (χ4n) is 4.61. The summed E-state index contributed by atoms with van der Waals surface area (Å²) in [7, 11) is -3.14. The third-order valence-corrected chi connectivity index (χ3v) is 8.09. The number of para-hydroxylation sites is 1. The molecule has 1 aromatic carbocycles. The highest BCUT2D eigenvalue weighted by molar-refractivity contribution is 7.91. The van der Waals surface area contributed by atoms with Crippen molar-refractivity contribution in [1.29, 1.82) is 5.26 Å². The second kappa shape index (κ2) is 9.56. The van der Waals surface area contributed by atoms with Crippen LogP contribution in [0.3, 0.4) is 0 Å². The fraction of sp³-hybridized carbons (Fsp3) is 0.375. The molecule has 0 spiro atoms. The third-order valence-electron chi connectivity index (χ3n) is 6.34. The molecule has 2 aliphatic rings. The highest BCUT2D eigenvalue weighted by atomic mass is 32.2. The summed E-state index contributed by atoms with van der Waals surface area (Å²) in [6, 6.07) is 14.4. The molecule has 0 N–H and O–H groups in total.